The van der Waals surface area contributed by atoms with Gasteiger partial charge in [-0.05, 0) is 46.5 Å². The van der Waals surface area contributed by atoms with Crippen molar-refractivity contribution in [2.24, 2.45) is 0 Å². The van der Waals surface area contributed by atoms with Crippen molar-refractivity contribution >= 4 is 43.0 Å². The zero-order valence-electron chi connectivity index (χ0n) is 10.5. The fraction of sp³-hybridized carbons (Fsp3) is 0.125. The fourth-order valence-corrected chi connectivity index (χ4v) is 3.29. The monoisotopic (exact) mass is 400 g/mol. The molecule has 0 spiro atoms. The molecule has 104 valence electrons. The normalized spacial score (nSPS) is 12.2. The van der Waals surface area contributed by atoms with E-state index in [0.29, 0.717) is 10.7 Å². The van der Waals surface area contributed by atoms with Gasteiger partial charge in [0.05, 0.1) is 0 Å². The van der Waals surface area contributed by atoms with Crippen molar-refractivity contribution in [3.8, 4) is 0 Å². The highest BCUT2D eigenvalue weighted by atomic mass is 79.9. The fourth-order valence-electron chi connectivity index (χ4n) is 1.97. The molecule has 0 aromatic heterocycles. The minimum atomic E-state index is -0.259. The molecule has 4 heteroatoms. The summed E-state index contributed by atoms with van der Waals surface area (Å²) in [5, 5.41) is 1.27. The Morgan fingerprint density at radius 3 is 1.20 bits per heavy atom. The molecule has 2 aromatic carbocycles. The Labute approximate surface area is 133 Å². The zero-order valence-corrected chi connectivity index (χ0v) is 13.7. The number of halogens is 4. The summed E-state index contributed by atoms with van der Waals surface area (Å²) in [5.74, 6) is -0.519. The van der Waals surface area contributed by atoms with Crippen LogP contribution in [0.2, 0.25) is 0 Å². The lowest BCUT2D eigenvalue weighted by molar-refractivity contribution is 0.627. The summed E-state index contributed by atoms with van der Waals surface area (Å²) < 4.78 is 26.1. The van der Waals surface area contributed by atoms with E-state index in [2.05, 4.69) is 31.9 Å². The molecule has 0 aliphatic rings. The third-order valence-corrected chi connectivity index (χ3v) is 4.14. The molecule has 0 amide bonds. The Hall–Kier alpha value is -1.00. The predicted molar refractivity (Wildman–Crippen MR) is 87.2 cm³/mol. The van der Waals surface area contributed by atoms with Gasteiger partial charge in [0.2, 0.25) is 0 Å². The van der Waals surface area contributed by atoms with E-state index in [9.17, 15) is 8.78 Å². The van der Waals surface area contributed by atoms with Crippen LogP contribution in [0, 0.1) is 11.6 Å². The summed E-state index contributed by atoms with van der Waals surface area (Å²) in [6, 6.07) is 12.7. The van der Waals surface area contributed by atoms with E-state index in [4.69, 9.17) is 0 Å². The van der Waals surface area contributed by atoms with Gasteiger partial charge in [-0.2, -0.15) is 0 Å². The third-order valence-electron chi connectivity index (χ3n) is 3.02. The summed E-state index contributed by atoms with van der Waals surface area (Å²) in [4.78, 5) is 0. The van der Waals surface area contributed by atoms with Gasteiger partial charge in [-0.15, -0.1) is 0 Å². The van der Waals surface area contributed by atoms with Crippen LogP contribution in [0.1, 0.15) is 11.1 Å². The molecular formula is C16H12Br2F2. The van der Waals surface area contributed by atoms with E-state index >= 15 is 0 Å². The molecule has 2 rings (SSSR count). The van der Waals surface area contributed by atoms with Gasteiger partial charge in [0, 0.05) is 10.7 Å². The largest absolute Gasteiger partial charge is 0.207 e. The highest BCUT2D eigenvalue weighted by molar-refractivity contribution is 9.09. The molecular weight excluding hydrogens is 390 g/mol. The average molecular weight is 402 g/mol. The van der Waals surface area contributed by atoms with Crippen molar-refractivity contribution in [1.82, 2.24) is 0 Å². The highest BCUT2D eigenvalue weighted by Crippen LogP contribution is 2.29. The summed E-state index contributed by atoms with van der Waals surface area (Å²) in [7, 11) is 0. The molecule has 0 saturated carbocycles. The van der Waals surface area contributed by atoms with Crippen LogP contribution in [0.5, 0.6) is 0 Å². The number of benzene rings is 2. The number of hydrogen-bond acceptors (Lipinski definition) is 0. The van der Waals surface area contributed by atoms with Crippen molar-refractivity contribution in [1.29, 1.82) is 0 Å². The summed E-state index contributed by atoms with van der Waals surface area (Å²) >= 11 is 6.96. The molecule has 0 unspecified atom stereocenters. The molecule has 0 saturated heterocycles. The Morgan fingerprint density at radius 2 is 0.950 bits per heavy atom. The molecule has 0 N–H and O–H groups in total. The first kappa shape index (κ1) is 15.4. The first-order valence-corrected chi connectivity index (χ1v) is 8.26. The number of rotatable bonds is 4. The number of hydrogen-bond donors (Lipinski definition) is 0. The van der Waals surface area contributed by atoms with Gasteiger partial charge in [-0.25, -0.2) is 8.78 Å². The lowest BCUT2D eigenvalue weighted by Crippen LogP contribution is -1.96. The quantitative estimate of drug-likeness (QED) is 0.457. The third kappa shape index (κ3) is 3.55. The highest BCUT2D eigenvalue weighted by Gasteiger charge is 2.10. The minimum absolute atomic E-state index is 0.259. The van der Waals surface area contributed by atoms with E-state index < -0.39 is 0 Å². The average Bonchev–Trinajstić information content (AvgIpc) is 2.47. The molecule has 0 atom stereocenters. The maximum absolute atomic E-state index is 13.0. The van der Waals surface area contributed by atoms with E-state index in [1.165, 1.54) is 24.3 Å². The second-order valence-corrected chi connectivity index (χ2v) is 5.36. The summed E-state index contributed by atoms with van der Waals surface area (Å²) in [6.07, 6.45) is 0. The number of allylic oxidation sites excluding steroid dienone is 2. The topological polar surface area (TPSA) is 0 Å². The zero-order chi connectivity index (χ0) is 14.5. The number of alkyl halides is 2. The molecule has 0 fully saturated rings. The lowest BCUT2D eigenvalue weighted by atomic mass is 9.97. The first-order chi connectivity index (χ1) is 9.65. The predicted octanol–water partition coefficient (Wildman–Crippen LogP) is 5.67. The van der Waals surface area contributed by atoms with Crippen LogP contribution in [0.15, 0.2) is 48.5 Å². The molecule has 0 radical (unpaired) electrons. The molecule has 0 heterocycles. The first-order valence-electron chi connectivity index (χ1n) is 6.01. The maximum atomic E-state index is 13.0. The van der Waals surface area contributed by atoms with Gasteiger partial charge in [0.25, 0.3) is 0 Å². The molecule has 0 nitrogen and oxygen atoms in total. The van der Waals surface area contributed by atoms with Crippen molar-refractivity contribution < 1.29 is 8.78 Å². The molecule has 20 heavy (non-hydrogen) atoms. The van der Waals surface area contributed by atoms with Gasteiger partial charge >= 0.3 is 0 Å². The van der Waals surface area contributed by atoms with E-state index in [0.717, 1.165) is 22.3 Å². The standard InChI is InChI=1S/C16H12Br2F2/c17-9-15(11-1-5-13(19)6-2-11)16(10-18)12-3-7-14(20)8-4-12/h1-8H,9-10H2/b16-15+. The van der Waals surface area contributed by atoms with Crippen LogP contribution in [0.3, 0.4) is 0 Å². The maximum Gasteiger partial charge on any atom is 0.123 e. The second-order valence-electron chi connectivity index (χ2n) is 4.24. The van der Waals surface area contributed by atoms with Crippen LogP contribution in [-0.2, 0) is 0 Å². The Kier molecular flexibility index (Phi) is 5.49. The molecule has 0 bridgehead atoms. The van der Waals surface area contributed by atoms with Crippen LogP contribution in [0.25, 0.3) is 11.1 Å². The van der Waals surface area contributed by atoms with Gasteiger partial charge in [0.15, 0.2) is 0 Å². The van der Waals surface area contributed by atoms with E-state index in [-0.39, 0.29) is 11.6 Å². The van der Waals surface area contributed by atoms with Crippen LogP contribution in [0.4, 0.5) is 8.78 Å². The van der Waals surface area contributed by atoms with Crippen LogP contribution < -0.4 is 0 Å². The van der Waals surface area contributed by atoms with E-state index in [1.54, 1.807) is 24.3 Å². The van der Waals surface area contributed by atoms with Crippen molar-refractivity contribution in [3.05, 3.63) is 71.3 Å². The summed E-state index contributed by atoms with van der Waals surface area (Å²) in [5.41, 5.74) is 3.99. The van der Waals surface area contributed by atoms with Gasteiger partial charge in [-0.1, -0.05) is 56.1 Å². The van der Waals surface area contributed by atoms with Crippen molar-refractivity contribution in [2.45, 2.75) is 0 Å². The SMILES string of the molecule is Fc1ccc(/C(CBr)=C(\CBr)c2ccc(F)cc2)cc1. The molecule has 0 aliphatic carbocycles. The van der Waals surface area contributed by atoms with Crippen molar-refractivity contribution in [3.63, 3.8) is 0 Å². The van der Waals surface area contributed by atoms with Crippen molar-refractivity contribution in [2.75, 3.05) is 10.7 Å². The Morgan fingerprint density at radius 1 is 0.650 bits per heavy atom. The molecule has 0 aliphatic heterocycles. The van der Waals surface area contributed by atoms with Gasteiger partial charge < -0.3 is 0 Å². The lowest BCUT2D eigenvalue weighted by Gasteiger charge is -2.13. The van der Waals surface area contributed by atoms with Crippen LogP contribution in [-0.4, -0.2) is 10.7 Å². The molecule has 2 aromatic rings. The smallest absolute Gasteiger partial charge is 0.123 e. The van der Waals surface area contributed by atoms with E-state index in [1.807, 2.05) is 0 Å². The Bertz CT molecular complexity index is 546. The summed E-state index contributed by atoms with van der Waals surface area (Å²) in [6.45, 7) is 0. The van der Waals surface area contributed by atoms with Gasteiger partial charge in [0.1, 0.15) is 11.6 Å². The Balaban J connectivity index is 2.52. The second kappa shape index (κ2) is 7.14. The minimum Gasteiger partial charge on any atom is -0.207 e. The van der Waals surface area contributed by atoms with Crippen LogP contribution >= 0.6 is 31.9 Å². The van der Waals surface area contributed by atoms with Gasteiger partial charge in [-0.3, -0.25) is 0 Å².